The fourth-order valence-electron chi connectivity index (χ4n) is 0.984. The van der Waals surface area contributed by atoms with Crippen LogP contribution in [0.5, 0.6) is 0 Å². The Morgan fingerprint density at radius 3 is 2.92 bits per heavy atom. The summed E-state index contributed by atoms with van der Waals surface area (Å²) >= 11 is 0. The van der Waals surface area contributed by atoms with E-state index in [2.05, 4.69) is 4.98 Å². The minimum absolute atomic E-state index is 0.252. The van der Waals surface area contributed by atoms with E-state index in [1.807, 2.05) is 6.92 Å². The summed E-state index contributed by atoms with van der Waals surface area (Å²) in [5.74, 6) is -0.264. The fourth-order valence-corrected chi connectivity index (χ4v) is 0.984. The predicted molar refractivity (Wildman–Crippen MR) is 40.5 cm³/mol. The maximum absolute atomic E-state index is 10.3. The zero-order chi connectivity index (χ0) is 9.14. The van der Waals surface area contributed by atoms with E-state index in [4.69, 9.17) is 5.11 Å². The van der Waals surface area contributed by atoms with E-state index in [0.29, 0.717) is 6.54 Å². The lowest BCUT2D eigenvalue weighted by atomic mass is 10.4. The number of rotatable bonds is 3. The molecule has 1 aromatic rings. The first-order valence-electron chi connectivity index (χ1n) is 3.50. The van der Waals surface area contributed by atoms with E-state index < -0.39 is 4.92 Å². The molecule has 1 rings (SSSR count). The molecule has 0 radical (unpaired) electrons. The largest absolute Gasteiger partial charge is 0.390 e. The second-order valence-corrected chi connectivity index (χ2v) is 2.22. The average molecular weight is 171 g/mol. The van der Waals surface area contributed by atoms with Crippen LogP contribution in [0.2, 0.25) is 0 Å². The number of aromatic nitrogens is 2. The van der Waals surface area contributed by atoms with Crippen molar-refractivity contribution in [2.75, 3.05) is 0 Å². The van der Waals surface area contributed by atoms with Gasteiger partial charge in [0, 0.05) is 6.54 Å². The van der Waals surface area contributed by atoms with Gasteiger partial charge in [0.1, 0.15) is 5.69 Å². The molecule has 0 saturated carbocycles. The van der Waals surface area contributed by atoms with E-state index in [-0.39, 0.29) is 18.1 Å². The Morgan fingerprint density at radius 1 is 1.83 bits per heavy atom. The molecule has 0 aliphatic rings. The number of imidazole rings is 1. The summed E-state index contributed by atoms with van der Waals surface area (Å²) in [6.45, 7) is 2.03. The van der Waals surface area contributed by atoms with Crippen molar-refractivity contribution in [3.05, 3.63) is 22.1 Å². The van der Waals surface area contributed by atoms with Gasteiger partial charge in [-0.2, -0.15) is 0 Å². The Kier molecular flexibility index (Phi) is 2.39. The van der Waals surface area contributed by atoms with Crippen LogP contribution in [-0.2, 0) is 13.2 Å². The number of hydrogen-bond acceptors (Lipinski definition) is 4. The fraction of sp³-hybridized carbons (Fsp3) is 0.500. The molecule has 0 atom stereocenters. The molecule has 1 heterocycles. The Hall–Kier alpha value is -1.43. The molecule has 0 aliphatic carbocycles. The lowest BCUT2D eigenvalue weighted by molar-refractivity contribution is -0.390. The molecule has 1 N–H and O–H groups in total. The van der Waals surface area contributed by atoms with Crippen LogP contribution in [-0.4, -0.2) is 19.6 Å². The number of aliphatic hydroxyl groups is 1. The zero-order valence-electron chi connectivity index (χ0n) is 6.60. The summed E-state index contributed by atoms with van der Waals surface area (Å²) in [4.78, 5) is 13.3. The van der Waals surface area contributed by atoms with Crippen molar-refractivity contribution in [1.29, 1.82) is 0 Å². The number of nitro groups is 1. The van der Waals surface area contributed by atoms with Crippen molar-refractivity contribution < 1.29 is 10.0 Å². The van der Waals surface area contributed by atoms with Crippen LogP contribution in [0, 0.1) is 10.1 Å². The van der Waals surface area contributed by atoms with E-state index in [9.17, 15) is 10.1 Å². The van der Waals surface area contributed by atoms with Gasteiger partial charge in [-0.3, -0.25) is 0 Å². The van der Waals surface area contributed by atoms with Gasteiger partial charge in [0.15, 0.2) is 0 Å². The molecule has 12 heavy (non-hydrogen) atoms. The van der Waals surface area contributed by atoms with Crippen molar-refractivity contribution in [2.45, 2.75) is 20.1 Å². The summed E-state index contributed by atoms with van der Waals surface area (Å²) in [6, 6.07) is 0. The number of aliphatic hydroxyl groups excluding tert-OH is 1. The second kappa shape index (κ2) is 3.31. The zero-order valence-corrected chi connectivity index (χ0v) is 6.60. The third kappa shape index (κ3) is 1.28. The van der Waals surface area contributed by atoms with Gasteiger partial charge in [0.05, 0.1) is 6.61 Å². The average Bonchev–Trinajstić information content (AvgIpc) is 2.46. The second-order valence-electron chi connectivity index (χ2n) is 2.22. The van der Waals surface area contributed by atoms with Crippen LogP contribution in [0.3, 0.4) is 0 Å². The van der Waals surface area contributed by atoms with Gasteiger partial charge in [-0.15, -0.1) is 0 Å². The standard InChI is InChI=1S/C6H9N3O3/c1-2-8-4-7-6(9(11)12)5(8)3-10/h4,10H,2-3H2,1H3. The molecular weight excluding hydrogens is 162 g/mol. The maximum Gasteiger partial charge on any atom is 0.387 e. The van der Waals surface area contributed by atoms with Crippen LogP contribution in [0.4, 0.5) is 5.82 Å². The van der Waals surface area contributed by atoms with Crippen molar-refractivity contribution >= 4 is 5.82 Å². The Morgan fingerprint density at radius 2 is 2.50 bits per heavy atom. The molecule has 0 spiro atoms. The normalized spacial score (nSPS) is 10.2. The first-order chi connectivity index (χ1) is 5.70. The lowest BCUT2D eigenvalue weighted by Crippen LogP contribution is -2.01. The maximum atomic E-state index is 10.3. The Bertz CT molecular complexity index is 294. The molecule has 0 fully saturated rings. The lowest BCUT2D eigenvalue weighted by Gasteiger charge is -1.98. The number of aryl methyl sites for hydroxylation is 1. The highest BCUT2D eigenvalue weighted by molar-refractivity contribution is 5.26. The van der Waals surface area contributed by atoms with Gasteiger partial charge in [-0.1, -0.05) is 0 Å². The summed E-state index contributed by atoms with van der Waals surface area (Å²) in [6.07, 6.45) is 1.35. The van der Waals surface area contributed by atoms with Gasteiger partial charge in [0.2, 0.25) is 6.33 Å². The first kappa shape index (κ1) is 8.66. The topological polar surface area (TPSA) is 81.2 Å². The molecule has 66 valence electrons. The van der Waals surface area contributed by atoms with Crippen LogP contribution in [0.1, 0.15) is 12.6 Å². The molecule has 0 amide bonds. The molecule has 1 aromatic heterocycles. The molecule has 0 aliphatic heterocycles. The number of hydrogen-bond donors (Lipinski definition) is 1. The SMILES string of the molecule is CCn1cnc([N+](=O)[O-])c1CO. The summed E-state index contributed by atoms with van der Waals surface area (Å²) in [5, 5.41) is 19.1. The third-order valence-corrected chi connectivity index (χ3v) is 1.59. The van der Waals surface area contributed by atoms with Gasteiger partial charge in [0.25, 0.3) is 0 Å². The molecule has 6 heteroatoms. The van der Waals surface area contributed by atoms with Crippen molar-refractivity contribution in [1.82, 2.24) is 9.55 Å². The van der Waals surface area contributed by atoms with E-state index in [0.717, 1.165) is 0 Å². The number of nitrogens with zero attached hydrogens (tertiary/aromatic N) is 3. The molecule has 0 saturated heterocycles. The van der Waals surface area contributed by atoms with E-state index in [1.165, 1.54) is 10.9 Å². The quantitative estimate of drug-likeness (QED) is 0.524. The molecule has 0 unspecified atom stereocenters. The molecule has 6 nitrogen and oxygen atoms in total. The molecule has 0 bridgehead atoms. The van der Waals surface area contributed by atoms with E-state index >= 15 is 0 Å². The summed E-state index contributed by atoms with van der Waals surface area (Å²) in [7, 11) is 0. The predicted octanol–water partition coefficient (Wildman–Crippen LogP) is 0.303. The van der Waals surface area contributed by atoms with Crippen LogP contribution >= 0.6 is 0 Å². The Balaban J connectivity index is 3.13. The Labute approximate surface area is 68.6 Å². The highest BCUT2D eigenvalue weighted by Gasteiger charge is 2.19. The third-order valence-electron chi connectivity index (χ3n) is 1.59. The van der Waals surface area contributed by atoms with Crippen molar-refractivity contribution in [2.24, 2.45) is 0 Å². The van der Waals surface area contributed by atoms with Gasteiger partial charge in [-0.05, 0) is 16.8 Å². The highest BCUT2D eigenvalue weighted by atomic mass is 16.6. The van der Waals surface area contributed by atoms with Gasteiger partial charge >= 0.3 is 5.82 Å². The minimum Gasteiger partial charge on any atom is -0.390 e. The van der Waals surface area contributed by atoms with Crippen LogP contribution in [0.15, 0.2) is 6.33 Å². The summed E-state index contributed by atoms with van der Waals surface area (Å²) < 4.78 is 1.54. The van der Waals surface area contributed by atoms with Gasteiger partial charge < -0.3 is 19.8 Å². The van der Waals surface area contributed by atoms with Crippen LogP contribution in [0.25, 0.3) is 0 Å². The minimum atomic E-state index is -0.599. The highest BCUT2D eigenvalue weighted by Crippen LogP contribution is 2.15. The van der Waals surface area contributed by atoms with Crippen molar-refractivity contribution in [3.63, 3.8) is 0 Å². The van der Waals surface area contributed by atoms with Gasteiger partial charge in [-0.25, -0.2) is 0 Å². The monoisotopic (exact) mass is 171 g/mol. The summed E-state index contributed by atoms with van der Waals surface area (Å²) in [5.41, 5.74) is 0.252. The van der Waals surface area contributed by atoms with Crippen LogP contribution < -0.4 is 0 Å². The van der Waals surface area contributed by atoms with Crippen molar-refractivity contribution in [3.8, 4) is 0 Å². The smallest absolute Gasteiger partial charge is 0.387 e. The molecular formula is C6H9N3O3. The van der Waals surface area contributed by atoms with E-state index in [1.54, 1.807) is 0 Å². The first-order valence-corrected chi connectivity index (χ1v) is 3.50. The molecule has 0 aromatic carbocycles.